The number of nitrogen functional groups attached to an aromatic ring is 1. The van der Waals surface area contributed by atoms with Crippen LogP contribution in [0.15, 0.2) is 28.1 Å². The molecule has 0 aliphatic heterocycles. The number of nitrogens with one attached hydrogen (secondary N) is 1. The third kappa shape index (κ3) is 3.22. The lowest BCUT2D eigenvalue weighted by Gasteiger charge is -2.07. The summed E-state index contributed by atoms with van der Waals surface area (Å²) >= 11 is 10.6. The van der Waals surface area contributed by atoms with Gasteiger partial charge in [0.15, 0.2) is 5.13 Å². The molecule has 0 radical (unpaired) electrons. The van der Waals surface area contributed by atoms with Gasteiger partial charge in [0, 0.05) is 5.38 Å². The van der Waals surface area contributed by atoms with Crippen molar-refractivity contribution >= 4 is 55.6 Å². The number of nitrogens with zero attached hydrogens (tertiary/aromatic N) is 1. The number of rotatable bonds is 3. The van der Waals surface area contributed by atoms with Gasteiger partial charge in [0.1, 0.15) is 0 Å². The highest BCUT2D eigenvalue weighted by Gasteiger charge is 2.10. The summed E-state index contributed by atoms with van der Waals surface area (Å²) in [5, 5.41) is 5.54. The Bertz CT molecular complexity index is 587. The van der Waals surface area contributed by atoms with E-state index in [-0.39, 0.29) is 12.3 Å². The van der Waals surface area contributed by atoms with Crippen LogP contribution in [0.25, 0.3) is 0 Å². The molecule has 0 saturated heterocycles. The average molecular weight is 347 g/mol. The molecule has 0 aliphatic rings. The minimum atomic E-state index is -0.164. The minimum absolute atomic E-state index is 0.164. The smallest absolute Gasteiger partial charge is 0.230 e. The summed E-state index contributed by atoms with van der Waals surface area (Å²) in [5.74, 6) is -0.164. The fourth-order valence-corrected chi connectivity index (χ4v) is 2.46. The molecule has 3 N–H and O–H groups in total. The van der Waals surface area contributed by atoms with Crippen LogP contribution in [-0.4, -0.2) is 10.9 Å². The van der Waals surface area contributed by atoms with Gasteiger partial charge in [-0.1, -0.05) is 17.7 Å². The van der Waals surface area contributed by atoms with Gasteiger partial charge in [-0.25, -0.2) is 4.98 Å². The number of thiazole rings is 1. The van der Waals surface area contributed by atoms with Gasteiger partial charge in [-0.15, -0.1) is 11.3 Å². The van der Waals surface area contributed by atoms with Crippen molar-refractivity contribution in [2.24, 2.45) is 0 Å². The van der Waals surface area contributed by atoms with E-state index in [1.807, 2.05) is 0 Å². The Balaban J connectivity index is 2.05. The van der Waals surface area contributed by atoms with Crippen LogP contribution in [0, 0.1) is 0 Å². The maximum Gasteiger partial charge on any atom is 0.230 e. The number of benzene rings is 1. The normalized spacial score (nSPS) is 10.3. The topological polar surface area (TPSA) is 68.0 Å². The zero-order chi connectivity index (χ0) is 13.1. The van der Waals surface area contributed by atoms with Crippen molar-refractivity contribution in [2.75, 3.05) is 11.1 Å². The Labute approximate surface area is 121 Å². The monoisotopic (exact) mass is 345 g/mol. The first-order valence-electron chi connectivity index (χ1n) is 5.00. The lowest BCUT2D eigenvalue weighted by atomic mass is 10.3. The first-order chi connectivity index (χ1) is 8.56. The van der Waals surface area contributed by atoms with Crippen LogP contribution in [-0.2, 0) is 11.2 Å². The van der Waals surface area contributed by atoms with Crippen molar-refractivity contribution in [3.05, 3.63) is 38.8 Å². The Kier molecular flexibility index (Phi) is 4.21. The van der Waals surface area contributed by atoms with Crippen LogP contribution in [0.5, 0.6) is 0 Å². The third-order valence-corrected chi connectivity index (χ3v) is 4.26. The van der Waals surface area contributed by atoms with Crippen LogP contribution >= 0.6 is 38.9 Å². The van der Waals surface area contributed by atoms with E-state index in [9.17, 15) is 4.79 Å². The number of nitrogens with two attached hydrogens (primary N) is 1. The summed E-state index contributed by atoms with van der Waals surface area (Å²) in [6.45, 7) is 0. The molecular weight excluding hydrogens is 338 g/mol. The zero-order valence-corrected chi connectivity index (χ0v) is 12.3. The number of anilines is 2. The second-order valence-corrected chi connectivity index (χ2v) is 5.59. The van der Waals surface area contributed by atoms with Crippen LogP contribution in [0.1, 0.15) is 5.69 Å². The van der Waals surface area contributed by atoms with Gasteiger partial charge in [-0.2, -0.15) is 0 Å². The number of aromatic nitrogens is 1. The van der Waals surface area contributed by atoms with Crippen LogP contribution < -0.4 is 11.1 Å². The zero-order valence-electron chi connectivity index (χ0n) is 9.11. The summed E-state index contributed by atoms with van der Waals surface area (Å²) in [7, 11) is 0. The van der Waals surface area contributed by atoms with Gasteiger partial charge in [0.2, 0.25) is 5.91 Å². The fourth-order valence-electron chi connectivity index (χ4n) is 1.36. The van der Waals surface area contributed by atoms with Crippen molar-refractivity contribution in [1.29, 1.82) is 0 Å². The summed E-state index contributed by atoms with van der Waals surface area (Å²) in [6.07, 6.45) is 0.187. The lowest BCUT2D eigenvalue weighted by Crippen LogP contribution is -2.15. The number of amides is 1. The van der Waals surface area contributed by atoms with Gasteiger partial charge >= 0.3 is 0 Å². The lowest BCUT2D eigenvalue weighted by molar-refractivity contribution is -0.115. The van der Waals surface area contributed by atoms with Gasteiger partial charge in [-0.3, -0.25) is 4.79 Å². The molecule has 2 aromatic rings. The summed E-state index contributed by atoms with van der Waals surface area (Å²) in [6, 6.07) is 5.27. The summed E-state index contributed by atoms with van der Waals surface area (Å²) < 4.78 is 0.665. The Morgan fingerprint density at radius 3 is 3.00 bits per heavy atom. The molecule has 0 unspecified atom stereocenters. The van der Waals surface area contributed by atoms with Crippen molar-refractivity contribution < 1.29 is 4.79 Å². The second kappa shape index (κ2) is 5.69. The highest BCUT2D eigenvalue weighted by atomic mass is 79.9. The summed E-state index contributed by atoms with van der Waals surface area (Å²) in [5.41, 5.74) is 6.80. The molecule has 1 amide bonds. The highest BCUT2D eigenvalue weighted by molar-refractivity contribution is 9.10. The number of hydrogen-bond donors (Lipinski definition) is 2. The van der Waals surface area contributed by atoms with Crippen molar-refractivity contribution in [3.8, 4) is 0 Å². The number of carbonyl (C=O) groups excluding carboxylic acids is 1. The second-order valence-electron chi connectivity index (χ2n) is 3.50. The minimum Gasteiger partial charge on any atom is -0.375 e. The standard InChI is InChI=1S/C11H9BrClN3OS/c12-10-7(13)2-1-3-8(10)16-9(17)4-6-5-18-11(14)15-6/h1-3,5H,4H2,(H2,14,15)(H,16,17). The summed E-state index contributed by atoms with van der Waals surface area (Å²) in [4.78, 5) is 15.8. The van der Waals surface area contributed by atoms with E-state index in [1.165, 1.54) is 11.3 Å². The third-order valence-electron chi connectivity index (χ3n) is 2.14. The molecule has 0 bridgehead atoms. The van der Waals surface area contributed by atoms with Gasteiger partial charge < -0.3 is 11.1 Å². The molecule has 4 nitrogen and oxygen atoms in total. The first-order valence-corrected chi connectivity index (χ1v) is 7.05. The first kappa shape index (κ1) is 13.3. The highest BCUT2D eigenvalue weighted by Crippen LogP contribution is 2.30. The maximum atomic E-state index is 11.8. The van der Waals surface area contributed by atoms with E-state index in [1.54, 1.807) is 23.6 Å². The number of carbonyl (C=O) groups is 1. The van der Waals surface area contributed by atoms with E-state index in [4.69, 9.17) is 17.3 Å². The molecule has 0 saturated carbocycles. The molecular formula is C11H9BrClN3OS. The van der Waals surface area contributed by atoms with E-state index >= 15 is 0 Å². The van der Waals surface area contributed by atoms with E-state index in [0.29, 0.717) is 26.0 Å². The molecule has 1 aromatic carbocycles. The molecule has 1 aromatic heterocycles. The number of hydrogen-bond acceptors (Lipinski definition) is 4. The van der Waals surface area contributed by atoms with Gasteiger partial charge in [-0.05, 0) is 28.1 Å². The quantitative estimate of drug-likeness (QED) is 0.896. The maximum absolute atomic E-state index is 11.8. The fraction of sp³-hybridized carbons (Fsp3) is 0.0909. The molecule has 0 aliphatic carbocycles. The van der Waals surface area contributed by atoms with Crippen LogP contribution in [0.4, 0.5) is 10.8 Å². The SMILES string of the molecule is Nc1nc(CC(=O)Nc2cccc(Cl)c2Br)cs1. The van der Waals surface area contributed by atoms with Crippen LogP contribution in [0.2, 0.25) is 5.02 Å². The van der Waals surface area contributed by atoms with E-state index < -0.39 is 0 Å². The molecule has 0 spiro atoms. The van der Waals surface area contributed by atoms with Crippen molar-refractivity contribution in [1.82, 2.24) is 4.98 Å². The van der Waals surface area contributed by atoms with Crippen molar-refractivity contribution in [3.63, 3.8) is 0 Å². The van der Waals surface area contributed by atoms with Gasteiger partial charge in [0.25, 0.3) is 0 Å². The molecule has 0 fully saturated rings. The molecule has 18 heavy (non-hydrogen) atoms. The van der Waals surface area contributed by atoms with E-state index in [2.05, 4.69) is 26.2 Å². The Morgan fingerprint density at radius 2 is 2.33 bits per heavy atom. The molecule has 2 rings (SSSR count). The predicted octanol–water partition coefficient (Wildman–Crippen LogP) is 3.32. The van der Waals surface area contributed by atoms with Gasteiger partial charge in [0.05, 0.1) is 27.3 Å². The van der Waals surface area contributed by atoms with Crippen LogP contribution in [0.3, 0.4) is 0 Å². The average Bonchev–Trinajstić information content (AvgIpc) is 2.70. The van der Waals surface area contributed by atoms with Crippen molar-refractivity contribution in [2.45, 2.75) is 6.42 Å². The Hall–Kier alpha value is -1.11. The largest absolute Gasteiger partial charge is 0.375 e. The molecule has 0 atom stereocenters. The molecule has 7 heteroatoms. The predicted molar refractivity (Wildman–Crippen MR) is 78.0 cm³/mol. The Morgan fingerprint density at radius 1 is 1.56 bits per heavy atom. The molecule has 1 heterocycles. The number of halogens is 2. The van der Waals surface area contributed by atoms with E-state index in [0.717, 1.165) is 0 Å². The molecule has 94 valence electrons.